The van der Waals surface area contributed by atoms with Crippen LogP contribution in [0.2, 0.25) is 0 Å². The summed E-state index contributed by atoms with van der Waals surface area (Å²) in [6, 6.07) is 36.1. The standard InChI is InChI=1S/C36H20N2O3/c39-35-28-9-2-4-11-32(28)40-33-19-22(12-13-29(33)35)21-6-5-7-23(18-21)38-30-20-37-17-16-24(30)26-14-15-27-25-8-1-3-10-31(25)41-36(27)34(26)38/h1-20H. The Balaban J connectivity index is 1.31. The van der Waals surface area contributed by atoms with Crippen LogP contribution in [0.5, 0.6) is 0 Å². The summed E-state index contributed by atoms with van der Waals surface area (Å²) >= 11 is 0. The van der Waals surface area contributed by atoms with Gasteiger partial charge in [0, 0.05) is 33.4 Å². The first-order chi connectivity index (χ1) is 20.2. The zero-order valence-corrected chi connectivity index (χ0v) is 21.7. The van der Waals surface area contributed by atoms with Crippen molar-refractivity contribution >= 4 is 65.7 Å². The molecule has 5 heteroatoms. The fourth-order valence-electron chi connectivity index (χ4n) is 6.20. The molecule has 192 valence electrons. The van der Waals surface area contributed by atoms with E-state index in [1.807, 2.05) is 67.0 Å². The lowest BCUT2D eigenvalue weighted by atomic mass is 10.0. The van der Waals surface area contributed by atoms with Crippen molar-refractivity contribution in [2.45, 2.75) is 0 Å². The molecule has 0 aliphatic carbocycles. The van der Waals surface area contributed by atoms with Gasteiger partial charge in [-0.2, -0.15) is 0 Å². The number of hydrogen-bond acceptors (Lipinski definition) is 4. The number of aromatic nitrogens is 2. The Morgan fingerprint density at radius 1 is 0.561 bits per heavy atom. The van der Waals surface area contributed by atoms with E-state index < -0.39 is 0 Å². The lowest BCUT2D eigenvalue weighted by molar-refractivity contribution is 0.660. The Morgan fingerprint density at radius 3 is 2.20 bits per heavy atom. The average molecular weight is 529 g/mol. The number of nitrogens with zero attached hydrogens (tertiary/aromatic N) is 2. The van der Waals surface area contributed by atoms with Crippen molar-refractivity contribution in [3.8, 4) is 16.8 Å². The van der Waals surface area contributed by atoms with Gasteiger partial charge in [0.2, 0.25) is 5.43 Å². The fraction of sp³-hybridized carbons (Fsp3) is 0. The quantitative estimate of drug-likeness (QED) is 0.210. The van der Waals surface area contributed by atoms with E-state index in [-0.39, 0.29) is 5.43 Å². The predicted octanol–water partition coefficient (Wildman–Crippen LogP) is 9.00. The van der Waals surface area contributed by atoms with Crippen LogP contribution < -0.4 is 5.43 Å². The average Bonchev–Trinajstić information content (AvgIpc) is 3.57. The number of pyridine rings is 1. The van der Waals surface area contributed by atoms with Crippen LogP contribution in [0.25, 0.3) is 82.5 Å². The normalized spacial score (nSPS) is 12.0. The molecule has 0 atom stereocenters. The maximum absolute atomic E-state index is 13.1. The minimum absolute atomic E-state index is 0.0187. The van der Waals surface area contributed by atoms with Crippen molar-refractivity contribution in [2.75, 3.05) is 0 Å². The predicted molar refractivity (Wildman–Crippen MR) is 165 cm³/mol. The molecule has 0 fully saturated rings. The van der Waals surface area contributed by atoms with Crippen molar-refractivity contribution in [3.05, 3.63) is 132 Å². The smallest absolute Gasteiger partial charge is 0.200 e. The first-order valence-electron chi connectivity index (χ1n) is 13.5. The largest absolute Gasteiger partial charge is 0.456 e. The van der Waals surface area contributed by atoms with Gasteiger partial charge in [0.1, 0.15) is 16.7 Å². The van der Waals surface area contributed by atoms with Crippen LogP contribution in [0.3, 0.4) is 0 Å². The second-order valence-corrected chi connectivity index (χ2v) is 10.4. The third-order valence-corrected chi connectivity index (χ3v) is 8.09. The molecule has 41 heavy (non-hydrogen) atoms. The molecule has 0 N–H and O–H groups in total. The Hall–Kier alpha value is -5.68. The molecule has 5 aromatic carbocycles. The van der Waals surface area contributed by atoms with E-state index in [4.69, 9.17) is 8.83 Å². The van der Waals surface area contributed by atoms with Gasteiger partial charge in [0.25, 0.3) is 0 Å². The number of furan rings is 1. The third kappa shape index (κ3) is 3.11. The number of rotatable bonds is 2. The second-order valence-electron chi connectivity index (χ2n) is 10.4. The van der Waals surface area contributed by atoms with Gasteiger partial charge in [-0.3, -0.25) is 9.78 Å². The third-order valence-electron chi connectivity index (χ3n) is 8.09. The summed E-state index contributed by atoms with van der Waals surface area (Å²) in [4.78, 5) is 17.6. The maximum atomic E-state index is 13.1. The summed E-state index contributed by atoms with van der Waals surface area (Å²) in [5.74, 6) is 0. The van der Waals surface area contributed by atoms with E-state index in [1.165, 1.54) is 0 Å². The molecule has 4 aromatic heterocycles. The molecule has 0 amide bonds. The SMILES string of the molecule is O=c1c2ccccc2oc2cc(-c3cccc(-n4c5cnccc5c5ccc6c7ccccc7oc6c54)c3)ccc12. The van der Waals surface area contributed by atoms with E-state index in [0.717, 1.165) is 60.6 Å². The van der Waals surface area contributed by atoms with Gasteiger partial charge < -0.3 is 13.4 Å². The Labute approximate surface area is 232 Å². The zero-order chi connectivity index (χ0) is 27.1. The molecule has 0 unspecified atom stereocenters. The molecule has 0 bridgehead atoms. The highest BCUT2D eigenvalue weighted by Gasteiger charge is 2.19. The zero-order valence-electron chi connectivity index (χ0n) is 21.7. The van der Waals surface area contributed by atoms with E-state index in [1.54, 1.807) is 6.07 Å². The summed E-state index contributed by atoms with van der Waals surface area (Å²) in [6.07, 6.45) is 3.74. The second kappa shape index (κ2) is 8.16. The molecule has 0 saturated heterocycles. The number of fused-ring (bicyclic) bond motifs is 9. The molecular formula is C36H20N2O3. The highest BCUT2D eigenvalue weighted by atomic mass is 16.3. The minimum Gasteiger partial charge on any atom is -0.456 e. The Kier molecular flexibility index (Phi) is 4.41. The van der Waals surface area contributed by atoms with Crippen LogP contribution >= 0.6 is 0 Å². The van der Waals surface area contributed by atoms with Crippen LogP contribution in [0.1, 0.15) is 0 Å². The van der Waals surface area contributed by atoms with Crippen molar-refractivity contribution in [1.82, 2.24) is 9.55 Å². The molecule has 9 rings (SSSR count). The summed E-state index contributed by atoms with van der Waals surface area (Å²) in [5, 5.41) is 5.56. The van der Waals surface area contributed by atoms with Gasteiger partial charge in [-0.05, 0) is 65.7 Å². The van der Waals surface area contributed by atoms with Crippen molar-refractivity contribution in [1.29, 1.82) is 0 Å². The topological polar surface area (TPSA) is 61.2 Å². The van der Waals surface area contributed by atoms with Gasteiger partial charge >= 0.3 is 0 Å². The molecule has 0 saturated carbocycles. The van der Waals surface area contributed by atoms with Crippen LogP contribution in [-0.4, -0.2) is 9.55 Å². The van der Waals surface area contributed by atoms with Gasteiger partial charge in [0.05, 0.1) is 28.0 Å². The van der Waals surface area contributed by atoms with E-state index in [9.17, 15) is 4.79 Å². The fourth-order valence-corrected chi connectivity index (χ4v) is 6.20. The van der Waals surface area contributed by atoms with Gasteiger partial charge in [-0.25, -0.2) is 0 Å². The number of para-hydroxylation sites is 2. The highest BCUT2D eigenvalue weighted by Crippen LogP contribution is 2.40. The van der Waals surface area contributed by atoms with Gasteiger partial charge in [-0.1, -0.05) is 54.6 Å². The van der Waals surface area contributed by atoms with E-state index in [2.05, 4.69) is 58.1 Å². The number of hydrogen-bond donors (Lipinski definition) is 0. The summed E-state index contributed by atoms with van der Waals surface area (Å²) in [5.41, 5.74) is 7.83. The van der Waals surface area contributed by atoms with Crippen LogP contribution in [-0.2, 0) is 0 Å². The van der Waals surface area contributed by atoms with Crippen LogP contribution in [0.15, 0.2) is 135 Å². The monoisotopic (exact) mass is 528 g/mol. The summed E-state index contributed by atoms with van der Waals surface area (Å²) in [7, 11) is 0. The van der Waals surface area contributed by atoms with E-state index in [0.29, 0.717) is 21.9 Å². The molecule has 0 radical (unpaired) electrons. The van der Waals surface area contributed by atoms with Crippen LogP contribution in [0, 0.1) is 0 Å². The minimum atomic E-state index is -0.0187. The lowest BCUT2D eigenvalue weighted by Gasteiger charge is -2.11. The molecule has 5 nitrogen and oxygen atoms in total. The molecular weight excluding hydrogens is 508 g/mol. The van der Waals surface area contributed by atoms with Gasteiger partial charge in [0.15, 0.2) is 5.58 Å². The highest BCUT2D eigenvalue weighted by molar-refractivity contribution is 6.21. The van der Waals surface area contributed by atoms with Crippen LogP contribution in [0.4, 0.5) is 0 Å². The molecule has 9 aromatic rings. The summed E-state index contributed by atoms with van der Waals surface area (Å²) < 4.78 is 14.9. The van der Waals surface area contributed by atoms with Gasteiger partial charge in [-0.15, -0.1) is 0 Å². The van der Waals surface area contributed by atoms with Crippen molar-refractivity contribution < 1.29 is 8.83 Å². The molecule has 0 aliphatic heterocycles. The Morgan fingerprint density at radius 2 is 1.29 bits per heavy atom. The van der Waals surface area contributed by atoms with Crippen molar-refractivity contribution in [2.24, 2.45) is 0 Å². The Bertz CT molecular complexity index is 2570. The van der Waals surface area contributed by atoms with E-state index >= 15 is 0 Å². The maximum Gasteiger partial charge on any atom is 0.200 e. The molecule has 4 heterocycles. The summed E-state index contributed by atoms with van der Waals surface area (Å²) in [6.45, 7) is 0. The van der Waals surface area contributed by atoms with Crippen molar-refractivity contribution in [3.63, 3.8) is 0 Å². The first-order valence-corrected chi connectivity index (χ1v) is 13.5. The molecule has 0 aliphatic rings. The lowest BCUT2D eigenvalue weighted by Crippen LogP contribution is -2.01. The molecule has 0 spiro atoms. The first kappa shape index (κ1) is 22.2. The number of benzene rings is 5.